The lowest BCUT2D eigenvalue weighted by molar-refractivity contribution is 0.547. The molecule has 82 valence electrons. The maximum Gasteiger partial charge on any atom is 0.0361 e. The Labute approximate surface area is 93.4 Å². The number of nitrogens with zero attached hydrogens (tertiary/aromatic N) is 1. The molecule has 0 aliphatic heterocycles. The minimum atomic E-state index is 0.250. The van der Waals surface area contributed by atoms with Crippen molar-refractivity contribution in [3.63, 3.8) is 0 Å². The summed E-state index contributed by atoms with van der Waals surface area (Å²) in [5, 5.41) is 0. The van der Waals surface area contributed by atoms with Gasteiger partial charge in [-0.2, -0.15) is 0 Å². The fraction of sp³-hybridized carbons (Fsp3) is 0.429. The van der Waals surface area contributed by atoms with E-state index in [0.717, 1.165) is 0 Å². The summed E-state index contributed by atoms with van der Waals surface area (Å²) >= 11 is 0. The van der Waals surface area contributed by atoms with Crippen LogP contribution in [0, 0.1) is 5.41 Å². The Morgan fingerprint density at radius 2 is 1.53 bits per heavy atom. The molecule has 0 spiro atoms. The van der Waals surface area contributed by atoms with Crippen LogP contribution >= 0.6 is 0 Å². The fourth-order valence-electron chi connectivity index (χ4n) is 1.23. The zero-order valence-electron chi connectivity index (χ0n) is 10.4. The van der Waals surface area contributed by atoms with Crippen LogP contribution in [0.15, 0.2) is 30.3 Å². The number of hydrogen-bond acceptors (Lipinski definition) is 1. The van der Waals surface area contributed by atoms with Crippen LogP contribution in [0.2, 0.25) is 0 Å². The van der Waals surface area contributed by atoms with Gasteiger partial charge in [0, 0.05) is 19.8 Å². The molecule has 1 nitrogen and oxygen atoms in total. The summed E-state index contributed by atoms with van der Waals surface area (Å²) in [5.41, 5.74) is 2.75. The van der Waals surface area contributed by atoms with E-state index >= 15 is 0 Å². The lowest BCUT2D eigenvalue weighted by atomic mass is 9.95. The standard InChI is InChI=1S/C14H21N/c1-14(2,3)11-10-12-6-8-13(9-7-12)15(4)5/h6-11H,1-5H3/b11-10+. The van der Waals surface area contributed by atoms with E-state index in [1.165, 1.54) is 11.3 Å². The molecule has 0 N–H and O–H groups in total. The van der Waals surface area contributed by atoms with Gasteiger partial charge in [0.1, 0.15) is 0 Å². The van der Waals surface area contributed by atoms with E-state index in [9.17, 15) is 0 Å². The molecule has 0 saturated heterocycles. The van der Waals surface area contributed by atoms with E-state index in [1.807, 2.05) is 0 Å². The van der Waals surface area contributed by atoms with Crippen molar-refractivity contribution in [2.75, 3.05) is 19.0 Å². The highest BCUT2D eigenvalue weighted by Gasteiger charge is 2.03. The van der Waals surface area contributed by atoms with Crippen LogP contribution in [-0.4, -0.2) is 14.1 Å². The summed E-state index contributed by atoms with van der Waals surface area (Å²) in [4.78, 5) is 2.11. The molecule has 1 rings (SSSR count). The smallest absolute Gasteiger partial charge is 0.0361 e. The zero-order chi connectivity index (χ0) is 11.5. The van der Waals surface area contributed by atoms with Gasteiger partial charge in [-0.3, -0.25) is 0 Å². The Kier molecular flexibility index (Phi) is 3.57. The zero-order valence-corrected chi connectivity index (χ0v) is 10.4. The molecule has 0 amide bonds. The molecule has 1 aromatic rings. The number of rotatable bonds is 2. The molecule has 0 aliphatic rings. The molecule has 0 bridgehead atoms. The van der Waals surface area contributed by atoms with Crippen molar-refractivity contribution in [1.82, 2.24) is 0 Å². The summed E-state index contributed by atoms with van der Waals surface area (Å²) in [6.07, 6.45) is 4.41. The highest BCUT2D eigenvalue weighted by molar-refractivity contribution is 5.55. The molecule has 0 aliphatic carbocycles. The minimum Gasteiger partial charge on any atom is -0.378 e. The first kappa shape index (κ1) is 11.8. The van der Waals surface area contributed by atoms with Crippen molar-refractivity contribution >= 4 is 11.8 Å². The van der Waals surface area contributed by atoms with Crippen LogP contribution in [0.3, 0.4) is 0 Å². The molecular weight excluding hydrogens is 182 g/mol. The molecule has 0 radical (unpaired) electrons. The van der Waals surface area contributed by atoms with Crippen molar-refractivity contribution in [2.45, 2.75) is 20.8 Å². The van der Waals surface area contributed by atoms with Crippen LogP contribution in [0.1, 0.15) is 26.3 Å². The minimum absolute atomic E-state index is 0.250. The van der Waals surface area contributed by atoms with Gasteiger partial charge in [-0.05, 0) is 23.1 Å². The SMILES string of the molecule is CN(C)c1ccc(/C=C/C(C)(C)C)cc1. The quantitative estimate of drug-likeness (QED) is 0.706. The van der Waals surface area contributed by atoms with Crippen LogP contribution in [0.4, 0.5) is 5.69 Å². The van der Waals surface area contributed by atoms with Crippen LogP contribution in [0.25, 0.3) is 6.08 Å². The van der Waals surface area contributed by atoms with Gasteiger partial charge in [0.25, 0.3) is 0 Å². The molecule has 15 heavy (non-hydrogen) atoms. The predicted molar refractivity (Wildman–Crippen MR) is 69.3 cm³/mol. The van der Waals surface area contributed by atoms with Crippen molar-refractivity contribution in [3.8, 4) is 0 Å². The largest absolute Gasteiger partial charge is 0.378 e. The first-order chi connectivity index (χ1) is 6.88. The van der Waals surface area contributed by atoms with Gasteiger partial charge in [0.15, 0.2) is 0 Å². The van der Waals surface area contributed by atoms with Crippen LogP contribution in [0.5, 0.6) is 0 Å². The second-order valence-corrected chi connectivity index (χ2v) is 5.19. The van der Waals surface area contributed by atoms with Crippen molar-refractivity contribution < 1.29 is 0 Å². The van der Waals surface area contributed by atoms with Gasteiger partial charge in [0.2, 0.25) is 0 Å². The van der Waals surface area contributed by atoms with Gasteiger partial charge in [-0.25, -0.2) is 0 Å². The molecule has 0 fully saturated rings. The molecule has 1 heteroatoms. The topological polar surface area (TPSA) is 3.24 Å². The second-order valence-electron chi connectivity index (χ2n) is 5.19. The first-order valence-electron chi connectivity index (χ1n) is 5.35. The second kappa shape index (κ2) is 4.52. The van der Waals surface area contributed by atoms with Gasteiger partial charge in [-0.15, -0.1) is 0 Å². The number of anilines is 1. The average molecular weight is 203 g/mol. The third-order valence-corrected chi connectivity index (χ3v) is 2.19. The number of allylic oxidation sites excluding steroid dienone is 1. The van der Waals surface area contributed by atoms with E-state index in [2.05, 4.69) is 76.2 Å². The number of hydrogen-bond donors (Lipinski definition) is 0. The van der Waals surface area contributed by atoms with Crippen molar-refractivity contribution in [1.29, 1.82) is 0 Å². The van der Waals surface area contributed by atoms with E-state index in [0.29, 0.717) is 0 Å². The Morgan fingerprint density at radius 1 is 1.00 bits per heavy atom. The summed E-state index contributed by atoms with van der Waals surface area (Å²) in [5.74, 6) is 0. The maximum atomic E-state index is 2.23. The average Bonchev–Trinajstić information content (AvgIpc) is 2.14. The molecule has 0 heterocycles. The first-order valence-corrected chi connectivity index (χ1v) is 5.35. The van der Waals surface area contributed by atoms with Gasteiger partial charge < -0.3 is 4.90 Å². The molecule has 0 saturated carbocycles. The van der Waals surface area contributed by atoms with Crippen LogP contribution in [-0.2, 0) is 0 Å². The normalized spacial score (nSPS) is 12.1. The monoisotopic (exact) mass is 203 g/mol. The summed E-state index contributed by atoms with van der Waals surface area (Å²) in [6, 6.07) is 8.58. The Bertz CT molecular complexity index is 325. The van der Waals surface area contributed by atoms with Gasteiger partial charge in [-0.1, -0.05) is 45.1 Å². The molecular formula is C14H21N. The van der Waals surface area contributed by atoms with E-state index < -0.39 is 0 Å². The predicted octanol–water partition coefficient (Wildman–Crippen LogP) is 3.81. The Balaban J connectivity index is 2.77. The van der Waals surface area contributed by atoms with Gasteiger partial charge in [0.05, 0.1) is 0 Å². The Morgan fingerprint density at radius 3 is 1.93 bits per heavy atom. The molecule has 0 atom stereocenters. The summed E-state index contributed by atoms with van der Waals surface area (Å²) in [7, 11) is 4.11. The van der Waals surface area contributed by atoms with Gasteiger partial charge >= 0.3 is 0 Å². The molecule has 0 aromatic heterocycles. The lowest BCUT2D eigenvalue weighted by Gasteiger charge is -2.13. The number of benzene rings is 1. The molecule has 1 aromatic carbocycles. The highest BCUT2D eigenvalue weighted by atomic mass is 15.1. The highest BCUT2D eigenvalue weighted by Crippen LogP contribution is 2.18. The Hall–Kier alpha value is -1.24. The van der Waals surface area contributed by atoms with E-state index in [1.54, 1.807) is 0 Å². The molecule has 0 unspecified atom stereocenters. The van der Waals surface area contributed by atoms with Crippen molar-refractivity contribution in [3.05, 3.63) is 35.9 Å². The summed E-state index contributed by atoms with van der Waals surface area (Å²) in [6.45, 7) is 6.62. The van der Waals surface area contributed by atoms with Crippen LogP contribution < -0.4 is 4.90 Å². The van der Waals surface area contributed by atoms with E-state index in [-0.39, 0.29) is 5.41 Å². The third kappa shape index (κ3) is 4.20. The fourth-order valence-corrected chi connectivity index (χ4v) is 1.23. The lowest BCUT2D eigenvalue weighted by Crippen LogP contribution is -2.07. The maximum absolute atomic E-state index is 2.23. The van der Waals surface area contributed by atoms with Crippen molar-refractivity contribution in [2.24, 2.45) is 5.41 Å². The third-order valence-electron chi connectivity index (χ3n) is 2.19. The summed E-state index contributed by atoms with van der Waals surface area (Å²) < 4.78 is 0. The van der Waals surface area contributed by atoms with E-state index in [4.69, 9.17) is 0 Å².